The Balaban J connectivity index is 1.53. The topological polar surface area (TPSA) is 57.4 Å². The molecule has 0 amide bonds. The van der Waals surface area contributed by atoms with Gasteiger partial charge in [-0.25, -0.2) is 0 Å². The maximum absolute atomic E-state index is 9.56. The first-order valence-electron chi connectivity index (χ1n) is 8.51. The van der Waals surface area contributed by atoms with Crippen LogP contribution in [0.1, 0.15) is 37.2 Å². The summed E-state index contributed by atoms with van der Waals surface area (Å²) >= 11 is 0. The second-order valence-corrected chi connectivity index (χ2v) is 6.39. The van der Waals surface area contributed by atoms with Crippen LogP contribution in [0.3, 0.4) is 0 Å². The fourth-order valence-electron chi connectivity index (χ4n) is 3.04. The quantitative estimate of drug-likeness (QED) is 0.767. The van der Waals surface area contributed by atoms with Gasteiger partial charge in [-0.1, -0.05) is 24.3 Å². The van der Waals surface area contributed by atoms with E-state index in [9.17, 15) is 5.11 Å². The number of nitrogens with one attached hydrogen (secondary N) is 2. The second kappa shape index (κ2) is 7.77. The molecule has 1 aromatic heterocycles. The summed E-state index contributed by atoms with van der Waals surface area (Å²) in [5.41, 5.74) is 1.96. The van der Waals surface area contributed by atoms with Crippen molar-refractivity contribution in [2.24, 2.45) is 5.92 Å². The lowest BCUT2D eigenvalue weighted by atomic mass is 9.98. The van der Waals surface area contributed by atoms with Gasteiger partial charge >= 0.3 is 0 Å². The Hall–Kier alpha value is -1.62. The van der Waals surface area contributed by atoms with Gasteiger partial charge in [0.2, 0.25) is 0 Å². The Morgan fingerprint density at radius 2 is 1.91 bits per heavy atom. The van der Waals surface area contributed by atoms with Gasteiger partial charge in [-0.3, -0.25) is 0 Å². The lowest BCUT2D eigenvalue weighted by molar-refractivity contribution is 0.199. The molecule has 0 saturated carbocycles. The molecule has 3 rings (SSSR count). The minimum absolute atomic E-state index is 0.435. The maximum atomic E-state index is 9.56. The minimum Gasteiger partial charge on any atom is -0.460 e. The zero-order valence-electron chi connectivity index (χ0n) is 13.7. The number of piperidine rings is 1. The molecule has 0 aliphatic carbocycles. The lowest BCUT2D eigenvalue weighted by Gasteiger charge is -2.22. The smallest absolute Gasteiger partial charge is 0.134 e. The first-order chi connectivity index (χ1) is 11.2. The van der Waals surface area contributed by atoms with Crippen LogP contribution in [0, 0.1) is 5.92 Å². The highest BCUT2D eigenvalue weighted by Gasteiger charge is 2.12. The predicted octanol–water partition coefficient (Wildman–Crippen LogP) is 3.09. The van der Waals surface area contributed by atoms with Crippen molar-refractivity contribution in [1.82, 2.24) is 10.6 Å². The summed E-state index contributed by atoms with van der Waals surface area (Å²) in [4.78, 5) is 0. The van der Waals surface area contributed by atoms with Gasteiger partial charge in [-0.15, -0.1) is 0 Å². The van der Waals surface area contributed by atoms with Crippen LogP contribution in [-0.2, 0) is 6.54 Å². The predicted molar refractivity (Wildman–Crippen MR) is 92.1 cm³/mol. The SMILES string of the molecule is C[C@@H](O)c1ccc(-c2ccc(CNCC3CCNCC3)o2)cc1. The molecule has 4 nitrogen and oxygen atoms in total. The van der Waals surface area contributed by atoms with Crippen molar-refractivity contribution in [2.45, 2.75) is 32.4 Å². The van der Waals surface area contributed by atoms with E-state index in [1.807, 2.05) is 36.4 Å². The van der Waals surface area contributed by atoms with Crippen LogP contribution >= 0.6 is 0 Å². The van der Waals surface area contributed by atoms with Gasteiger partial charge in [0, 0.05) is 5.56 Å². The van der Waals surface area contributed by atoms with E-state index in [-0.39, 0.29) is 0 Å². The summed E-state index contributed by atoms with van der Waals surface area (Å²) in [5, 5.41) is 16.5. The van der Waals surface area contributed by atoms with Crippen molar-refractivity contribution in [1.29, 1.82) is 0 Å². The number of benzene rings is 1. The Labute approximate surface area is 137 Å². The van der Waals surface area contributed by atoms with Crippen LogP contribution in [-0.4, -0.2) is 24.7 Å². The molecule has 0 bridgehead atoms. The Kier molecular flexibility index (Phi) is 5.49. The summed E-state index contributed by atoms with van der Waals surface area (Å²) in [6.45, 7) is 5.88. The number of furan rings is 1. The molecule has 4 heteroatoms. The Morgan fingerprint density at radius 3 is 2.61 bits per heavy atom. The monoisotopic (exact) mass is 314 g/mol. The van der Waals surface area contributed by atoms with Crippen molar-refractivity contribution >= 4 is 0 Å². The fourth-order valence-corrected chi connectivity index (χ4v) is 3.04. The first kappa shape index (κ1) is 16.2. The molecule has 1 atom stereocenters. The fraction of sp³-hybridized carbons (Fsp3) is 0.474. The maximum Gasteiger partial charge on any atom is 0.134 e. The van der Waals surface area contributed by atoms with Crippen LogP contribution in [0.15, 0.2) is 40.8 Å². The third-order valence-corrected chi connectivity index (χ3v) is 4.53. The highest BCUT2D eigenvalue weighted by atomic mass is 16.3. The molecule has 1 saturated heterocycles. The molecule has 1 aromatic carbocycles. The van der Waals surface area contributed by atoms with Crippen molar-refractivity contribution in [2.75, 3.05) is 19.6 Å². The molecule has 2 aromatic rings. The molecule has 1 fully saturated rings. The van der Waals surface area contributed by atoms with Gasteiger partial charge in [-0.2, -0.15) is 0 Å². The average molecular weight is 314 g/mol. The zero-order valence-corrected chi connectivity index (χ0v) is 13.7. The van der Waals surface area contributed by atoms with Crippen LogP contribution in [0.2, 0.25) is 0 Å². The van der Waals surface area contributed by atoms with Crippen LogP contribution < -0.4 is 10.6 Å². The van der Waals surface area contributed by atoms with Crippen LogP contribution in [0.25, 0.3) is 11.3 Å². The van der Waals surface area contributed by atoms with Crippen molar-refractivity contribution in [3.05, 3.63) is 47.7 Å². The van der Waals surface area contributed by atoms with Gasteiger partial charge in [0.15, 0.2) is 0 Å². The van der Waals surface area contributed by atoms with Crippen molar-refractivity contribution < 1.29 is 9.52 Å². The van der Waals surface area contributed by atoms with E-state index >= 15 is 0 Å². The number of hydrogen-bond donors (Lipinski definition) is 3. The summed E-state index contributed by atoms with van der Waals surface area (Å²) in [7, 11) is 0. The first-order valence-corrected chi connectivity index (χ1v) is 8.51. The van der Waals surface area contributed by atoms with Gasteiger partial charge in [0.05, 0.1) is 12.6 Å². The molecule has 1 aliphatic heterocycles. The van der Waals surface area contributed by atoms with Gasteiger partial charge < -0.3 is 20.2 Å². The third-order valence-electron chi connectivity index (χ3n) is 4.53. The highest BCUT2D eigenvalue weighted by molar-refractivity contribution is 5.58. The molecule has 0 radical (unpaired) electrons. The van der Waals surface area contributed by atoms with E-state index in [0.717, 1.165) is 54.7 Å². The Morgan fingerprint density at radius 1 is 1.17 bits per heavy atom. The van der Waals surface area contributed by atoms with Crippen LogP contribution in [0.5, 0.6) is 0 Å². The van der Waals surface area contributed by atoms with Crippen molar-refractivity contribution in [3.8, 4) is 11.3 Å². The van der Waals surface area contributed by atoms with E-state index in [1.165, 1.54) is 12.8 Å². The summed E-state index contributed by atoms with van der Waals surface area (Å²) in [6, 6.07) is 11.9. The number of aliphatic hydroxyl groups excluding tert-OH is 1. The van der Waals surface area contributed by atoms with E-state index in [4.69, 9.17) is 4.42 Å². The molecule has 0 unspecified atom stereocenters. The molecule has 2 heterocycles. The largest absolute Gasteiger partial charge is 0.460 e. The molecular weight excluding hydrogens is 288 g/mol. The molecule has 0 spiro atoms. The van der Waals surface area contributed by atoms with E-state index in [2.05, 4.69) is 10.6 Å². The third kappa shape index (κ3) is 4.44. The van der Waals surface area contributed by atoms with Crippen LogP contribution in [0.4, 0.5) is 0 Å². The van der Waals surface area contributed by atoms with Gasteiger partial charge in [0.1, 0.15) is 11.5 Å². The summed E-state index contributed by atoms with van der Waals surface area (Å²) in [5.74, 6) is 2.62. The van der Waals surface area contributed by atoms with Gasteiger partial charge in [-0.05, 0) is 63.0 Å². The van der Waals surface area contributed by atoms with E-state index in [1.54, 1.807) is 6.92 Å². The normalized spacial score (nSPS) is 17.3. The second-order valence-electron chi connectivity index (χ2n) is 6.39. The Bertz CT molecular complexity index is 598. The molecule has 23 heavy (non-hydrogen) atoms. The van der Waals surface area contributed by atoms with Crippen molar-refractivity contribution in [3.63, 3.8) is 0 Å². The zero-order chi connectivity index (χ0) is 16.1. The summed E-state index contributed by atoms with van der Waals surface area (Å²) < 4.78 is 5.92. The van der Waals surface area contributed by atoms with Gasteiger partial charge in [0.25, 0.3) is 0 Å². The molecule has 124 valence electrons. The number of hydrogen-bond acceptors (Lipinski definition) is 4. The van der Waals surface area contributed by atoms with E-state index < -0.39 is 6.10 Å². The molecule has 3 N–H and O–H groups in total. The minimum atomic E-state index is -0.435. The standard InChI is InChI=1S/C19H26N2O2/c1-14(22)16-2-4-17(5-3-16)19-7-6-18(23-19)13-21-12-15-8-10-20-11-9-15/h2-7,14-15,20-22H,8-13H2,1H3/t14-/m1/s1. The summed E-state index contributed by atoms with van der Waals surface area (Å²) in [6.07, 6.45) is 2.08. The highest BCUT2D eigenvalue weighted by Crippen LogP contribution is 2.24. The lowest BCUT2D eigenvalue weighted by Crippen LogP contribution is -2.33. The van der Waals surface area contributed by atoms with E-state index in [0.29, 0.717) is 0 Å². The molecule has 1 aliphatic rings. The number of rotatable bonds is 6. The average Bonchev–Trinajstić information content (AvgIpc) is 3.05. The molecular formula is C19H26N2O2. The number of aliphatic hydroxyl groups is 1.